The maximum Gasteiger partial charge on any atom is 0.285 e. The number of anilines is 5. The number of aromatic nitrogens is 3. The van der Waals surface area contributed by atoms with Gasteiger partial charge in [0, 0.05) is 24.5 Å². The van der Waals surface area contributed by atoms with E-state index >= 15 is 0 Å². The third-order valence-electron chi connectivity index (χ3n) is 4.33. The summed E-state index contributed by atoms with van der Waals surface area (Å²) in [6, 6.07) is 15.5. The quantitative estimate of drug-likeness (QED) is 0.277. The minimum atomic E-state index is -3.96. The Labute approximate surface area is 186 Å². The molecule has 0 fully saturated rings. The van der Waals surface area contributed by atoms with Crippen molar-refractivity contribution in [2.24, 2.45) is 15.9 Å². The number of benzene rings is 2. The second kappa shape index (κ2) is 9.92. The highest BCUT2D eigenvalue weighted by atomic mass is 32.2. The van der Waals surface area contributed by atoms with E-state index in [9.17, 15) is 8.42 Å². The largest absolute Gasteiger partial charge is 0.369 e. The molecule has 0 atom stereocenters. The van der Waals surface area contributed by atoms with E-state index in [1.807, 2.05) is 49.1 Å². The molecule has 0 saturated carbocycles. The predicted molar refractivity (Wildman–Crippen MR) is 126 cm³/mol. The smallest absolute Gasteiger partial charge is 0.285 e. The van der Waals surface area contributed by atoms with Gasteiger partial charge in [-0.25, -0.2) is 0 Å². The predicted octanol–water partition coefficient (Wildman–Crippen LogP) is 2.17. The summed E-state index contributed by atoms with van der Waals surface area (Å²) in [6.07, 6.45) is 0. The Kier molecular flexibility index (Phi) is 7.05. The highest BCUT2D eigenvalue weighted by Crippen LogP contribution is 2.22. The van der Waals surface area contributed by atoms with Gasteiger partial charge >= 0.3 is 0 Å². The van der Waals surface area contributed by atoms with Gasteiger partial charge in [-0.15, -0.1) is 4.40 Å². The molecule has 11 nitrogen and oxygen atoms in total. The zero-order chi connectivity index (χ0) is 23.1. The van der Waals surface area contributed by atoms with Crippen molar-refractivity contribution in [3.8, 4) is 0 Å². The molecule has 168 valence electrons. The molecule has 32 heavy (non-hydrogen) atoms. The van der Waals surface area contributed by atoms with Crippen LogP contribution in [0.5, 0.6) is 0 Å². The zero-order valence-corrected chi connectivity index (χ0v) is 18.5. The van der Waals surface area contributed by atoms with Crippen LogP contribution in [-0.2, 0) is 10.0 Å². The molecule has 2 aromatic carbocycles. The van der Waals surface area contributed by atoms with Crippen LogP contribution in [0.4, 0.5) is 29.2 Å². The van der Waals surface area contributed by atoms with Crippen LogP contribution in [0.25, 0.3) is 0 Å². The van der Waals surface area contributed by atoms with Crippen LogP contribution >= 0.6 is 0 Å². The molecule has 3 rings (SSSR count). The second-order valence-electron chi connectivity index (χ2n) is 6.59. The summed E-state index contributed by atoms with van der Waals surface area (Å²) in [5.74, 6) is 0.667. The van der Waals surface area contributed by atoms with Crippen molar-refractivity contribution < 1.29 is 8.42 Å². The Morgan fingerprint density at radius 3 is 1.91 bits per heavy atom. The first-order valence-electron chi connectivity index (χ1n) is 9.86. The Balaban J connectivity index is 1.90. The van der Waals surface area contributed by atoms with E-state index < -0.39 is 16.0 Å². The molecule has 0 aliphatic carbocycles. The normalized spacial score (nSPS) is 10.9. The molecule has 0 bridgehead atoms. The van der Waals surface area contributed by atoms with E-state index in [1.165, 1.54) is 12.1 Å². The number of sulfonamides is 1. The average Bonchev–Trinajstić information content (AvgIpc) is 2.75. The van der Waals surface area contributed by atoms with Crippen LogP contribution in [-0.4, -0.2) is 42.4 Å². The van der Waals surface area contributed by atoms with Crippen molar-refractivity contribution >= 4 is 45.2 Å². The van der Waals surface area contributed by atoms with Crippen molar-refractivity contribution in [3.05, 3.63) is 54.6 Å². The fraction of sp³-hybridized carbons (Fsp3) is 0.200. The summed E-state index contributed by atoms with van der Waals surface area (Å²) in [6.45, 7) is 5.48. The van der Waals surface area contributed by atoms with Crippen LogP contribution in [0.15, 0.2) is 63.9 Å². The highest BCUT2D eigenvalue weighted by Gasteiger charge is 2.14. The topological polar surface area (TPSA) is 165 Å². The lowest BCUT2D eigenvalue weighted by Gasteiger charge is -2.20. The molecule has 0 aliphatic rings. The molecule has 12 heteroatoms. The SMILES string of the molecule is CCN(CC)c1nc(Nc2ccccc2)nc(Nc2ccc(S(=O)(=O)N=C(N)N)cc2)n1. The van der Waals surface area contributed by atoms with E-state index in [-0.39, 0.29) is 4.90 Å². The summed E-state index contributed by atoms with van der Waals surface area (Å²) < 4.78 is 27.5. The molecule has 0 unspecified atom stereocenters. The molecule has 1 heterocycles. The molecule has 0 aliphatic heterocycles. The zero-order valence-electron chi connectivity index (χ0n) is 17.7. The van der Waals surface area contributed by atoms with Crippen LogP contribution in [0, 0.1) is 0 Å². The summed E-state index contributed by atoms with van der Waals surface area (Å²) in [5, 5.41) is 6.26. The standard InChI is InChI=1S/C20H25N9O2S/c1-3-29(4-2)20-26-18(23-14-8-6-5-7-9-14)25-19(27-20)24-15-10-12-16(13-11-15)32(30,31)28-17(21)22/h5-13H,3-4H2,1-2H3,(H4,21,22,28)(H2,23,24,25,26,27). The number of nitrogens with one attached hydrogen (secondary N) is 2. The lowest BCUT2D eigenvalue weighted by Crippen LogP contribution is -2.25. The molecule has 0 spiro atoms. The van der Waals surface area contributed by atoms with Crippen molar-refractivity contribution in [3.63, 3.8) is 0 Å². The van der Waals surface area contributed by atoms with Gasteiger partial charge in [0.2, 0.25) is 23.8 Å². The van der Waals surface area contributed by atoms with Crippen molar-refractivity contribution in [2.45, 2.75) is 18.7 Å². The lowest BCUT2D eigenvalue weighted by atomic mass is 10.3. The summed E-state index contributed by atoms with van der Waals surface area (Å²) in [7, 11) is -3.96. The third kappa shape index (κ3) is 5.82. The van der Waals surface area contributed by atoms with Gasteiger partial charge in [0.15, 0.2) is 0 Å². The van der Waals surface area contributed by atoms with Crippen molar-refractivity contribution in [2.75, 3.05) is 28.6 Å². The summed E-state index contributed by atoms with van der Waals surface area (Å²) in [4.78, 5) is 15.4. The van der Waals surface area contributed by atoms with E-state index in [0.717, 1.165) is 18.8 Å². The number of rotatable bonds is 9. The van der Waals surface area contributed by atoms with Crippen LogP contribution < -0.4 is 27.0 Å². The molecule has 6 N–H and O–H groups in total. The van der Waals surface area contributed by atoms with E-state index in [2.05, 4.69) is 30.0 Å². The number of hydrogen-bond donors (Lipinski definition) is 4. The number of nitrogens with two attached hydrogens (primary N) is 2. The number of guanidine groups is 1. The molecule has 0 saturated heterocycles. The van der Waals surface area contributed by atoms with E-state index in [1.54, 1.807) is 12.1 Å². The van der Waals surface area contributed by atoms with Gasteiger partial charge in [0.05, 0.1) is 4.90 Å². The Morgan fingerprint density at radius 1 is 0.875 bits per heavy atom. The van der Waals surface area contributed by atoms with Crippen molar-refractivity contribution in [1.82, 2.24) is 15.0 Å². The fourth-order valence-corrected chi connectivity index (χ4v) is 3.67. The van der Waals surface area contributed by atoms with E-state index in [0.29, 0.717) is 23.5 Å². The Bertz CT molecular complexity index is 1180. The van der Waals surface area contributed by atoms with Crippen LogP contribution in [0.2, 0.25) is 0 Å². The van der Waals surface area contributed by atoms with Crippen molar-refractivity contribution in [1.29, 1.82) is 0 Å². The van der Waals surface area contributed by atoms with Gasteiger partial charge in [-0.05, 0) is 50.2 Å². The van der Waals surface area contributed by atoms with Gasteiger partial charge in [0.1, 0.15) is 0 Å². The molecule has 1 aromatic heterocycles. The summed E-state index contributed by atoms with van der Waals surface area (Å²) >= 11 is 0. The minimum Gasteiger partial charge on any atom is -0.369 e. The Morgan fingerprint density at radius 2 is 1.41 bits per heavy atom. The lowest BCUT2D eigenvalue weighted by molar-refractivity contribution is 0.598. The van der Waals surface area contributed by atoms with Gasteiger partial charge in [-0.2, -0.15) is 23.4 Å². The molecule has 3 aromatic rings. The van der Waals surface area contributed by atoms with Gasteiger partial charge in [-0.3, -0.25) is 0 Å². The minimum absolute atomic E-state index is 0.0395. The van der Waals surface area contributed by atoms with Gasteiger partial charge in [0.25, 0.3) is 10.0 Å². The first-order valence-corrected chi connectivity index (χ1v) is 11.3. The Hall–Kier alpha value is -3.93. The molecule has 0 amide bonds. The highest BCUT2D eigenvalue weighted by molar-refractivity contribution is 7.90. The first-order chi connectivity index (χ1) is 15.3. The van der Waals surface area contributed by atoms with Crippen LogP contribution in [0.3, 0.4) is 0 Å². The van der Waals surface area contributed by atoms with Crippen LogP contribution in [0.1, 0.15) is 13.8 Å². The molecular formula is C20H25N9O2S. The maximum atomic E-state index is 12.1. The molecular weight excluding hydrogens is 430 g/mol. The first kappa shape index (κ1) is 22.7. The van der Waals surface area contributed by atoms with Gasteiger partial charge < -0.3 is 27.0 Å². The maximum absolute atomic E-state index is 12.1. The van der Waals surface area contributed by atoms with Gasteiger partial charge in [-0.1, -0.05) is 18.2 Å². The number of nitrogens with zero attached hydrogens (tertiary/aromatic N) is 5. The molecule has 0 radical (unpaired) electrons. The third-order valence-corrected chi connectivity index (χ3v) is 5.65. The number of hydrogen-bond acceptors (Lipinski definition) is 8. The monoisotopic (exact) mass is 455 g/mol. The van der Waals surface area contributed by atoms with E-state index in [4.69, 9.17) is 11.5 Å². The average molecular weight is 456 g/mol. The fourth-order valence-electron chi connectivity index (χ4n) is 2.81. The second-order valence-corrected chi connectivity index (χ2v) is 8.19. The summed E-state index contributed by atoms with van der Waals surface area (Å²) in [5.41, 5.74) is 11.8. The number of para-hydroxylation sites is 1.